The maximum Gasteiger partial charge on any atom is 0.136 e. The molecule has 1 unspecified atom stereocenters. The number of anilines is 2. The second kappa shape index (κ2) is 7.07. The first kappa shape index (κ1) is 16.0. The third kappa shape index (κ3) is 4.06. The minimum Gasteiger partial charge on any atom is -0.373 e. The van der Waals surface area contributed by atoms with Crippen LogP contribution >= 0.6 is 0 Å². The van der Waals surface area contributed by atoms with E-state index >= 15 is 0 Å². The fourth-order valence-corrected chi connectivity index (χ4v) is 2.36. The Kier molecular flexibility index (Phi) is 5.39. The minimum absolute atomic E-state index is 0.570. The molecule has 21 heavy (non-hydrogen) atoms. The van der Waals surface area contributed by atoms with Crippen molar-refractivity contribution in [3.05, 3.63) is 11.4 Å². The highest BCUT2D eigenvalue weighted by Gasteiger charge is 2.28. The van der Waals surface area contributed by atoms with E-state index in [-0.39, 0.29) is 0 Å². The lowest BCUT2D eigenvalue weighted by molar-refractivity contribution is 0.261. The van der Waals surface area contributed by atoms with Crippen molar-refractivity contribution < 1.29 is 0 Å². The molecule has 2 N–H and O–H groups in total. The molecule has 1 fully saturated rings. The van der Waals surface area contributed by atoms with Gasteiger partial charge < -0.3 is 15.5 Å². The summed E-state index contributed by atoms with van der Waals surface area (Å²) >= 11 is 0. The fraction of sp³-hybridized carbons (Fsp3) is 0.750. The average molecular weight is 291 g/mol. The van der Waals surface area contributed by atoms with Gasteiger partial charge in [-0.25, -0.2) is 9.97 Å². The summed E-state index contributed by atoms with van der Waals surface area (Å²) in [6, 6.07) is 0.619. The molecule has 2 rings (SSSR count). The zero-order valence-electron chi connectivity index (χ0n) is 14.0. The van der Waals surface area contributed by atoms with Gasteiger partial charge in [-0.05, 0) is 40.2 Å². The summed E-state index contributed by atoms with van der Waals surface area (Å²) in [6.07, 6.45) is 3.63. The van der Waals surface area contributed by atoms with Gasteiger partial charge >= 0.3 is 0 Å². The van der Waals surface area contributed by atoms with Crippen LogP contribution in [0.1, 0.15) is 50.4 Å². The van der Waals surface area contributed by atoms with Crippen LogP contribution in [0, 0.1) is 6.92 Å². The predicted molar refractivity (Wildman–Crippen MR) is 89.2 cm³/mol. The molecular weight excluding hydrogens is 262 g/mol. The summed E-state index contributed by atoms with van der Waals surface area (Å²) in [5.74, 6) is 3.49. The topological polar surface area (TPSA) is 53.1 Å². The van der Waals surface area contributed by atoms with Gasteiger partial charge in [-0.1, -0.05) is 6.92 Å². The van der Waals surface area contributed by atoms with Crippen molar-refractivity contribution in [2.24, 2.45) is 0 Å². The van der Waals surface area contributed by atoms with Crippen LogP contribution in [0.3, 0.4) is 0 Å². The first-order valence-corrected chi connectivity index (χ1v) is 8.07. The van der Waals surface area contributed by atoms with E-state index in [0.717, 1.165) is 36.1 Å². The van der Waals surface area contributed by atoms with Crippen LogP contribution in [-0.4, -0.2) is 48.1 Å². The van der Waals surface area contributed by atoms with Crippen LogP contribution in [0.5, 0.6) is 0 Å². The lowest BCUT2D eigenvalue weighted by Gasteiger charge is -2.24. The number of nitrogens with zero attached hydrogens (tertiary/aromatic N) is 3. The van der Waals surface area contributed by atoms with Crippen molar-refractivity contribution in [2.45, 2.75) is 52.0 Å². The summed E-state index contributed by atoms with van der Waals surface area (Å²) in [7, 11) is 4.10. The van der Waals surface area contributed by atoms with Gasteiger partial charge in [-0.3, -0.25) is 0 Å². The van der Waals surface area contributed by atoms with Gasteiger partial charge in [0, 0.05) is 37.7 Å². The Balaban J connectivity index is 2.00. The molecule has 1 heterocycles. The number of nitrogens with one attached hydrogen (secondary N) is 2. The standard InChI is InChI=1S/C16H29N5/c1-6-11(2)21(5)10-9-18-15-12(3)14(17-4)19-16(20-15)13-7-8-13/h11,13H,6-10H2,1-5H3,(H2,17,18,19,20). The van der Waals surface area contributed by atoms with Crippen LogP contribution in [0.4, 0.5) is 11.6 Å². The van der Waals surface area contributed by atoms with E-state index in [1.54, 1.807) is 0 Å². The highest BCUT2D eigenvalue weighted by molar-refractivity contribution is 5.57. The van der Waals surface area contributed by atoms with Crippen molar-refractivity contribution in [2.75, 3.05) is 37.8 Å². The van der Waals surface area contributed by atoms with E-state index < -0.39 is 0 Å². The highest BCUT2D eigenvalue weighted by atomic mass is 15.2. The normalized spacial score (nSPS) is 16.1. The Labute approximate surface area is 128 Å². The zero-order chi connectivity index (χ0) is 15.4. The van der Waals surface area contributed by atoms with Gasteiger partial charge in [0.15, 0.2) is 0 Å². The van der Waals surface area contributed by atoms with E-state index in [1.807, 2.05) is 7.05 Å². The van der Waals surface area contributed by atoms with E-state index in [1.165, 1.54) is 19.3 Å². The van der Waals surface area contributed by atoms with Crippen LogP contribution in [0.15, 0.2) is 0 Å². The zero-order valence-corrected chi connectivity index (χ0v) is 14.0. The molecule has 0 aromatic carbocycles. The Hall–Kier alpha value is -1.36. The molecule has 5 heteroatoms. The third-order valence-corrected chi connectivity index (χ3v) is 4.44. The van der Waals surface area contributed by atoms with Gasteiger partial charge in [0.2, 0.25) is 0 Å². The second-order valence-electron chi connectivity index (χ2n) is 6.09. The minimum atomic E-state index is 0.570. The van der Waals surface area contributed by atoms with Gasteiger partial charge in [0.05, 0.1) is 0 Å². The number of likely N-dealkylation sites (N-methyl/N-ethyl adjacent to an activating group) is 1. The molecule has 0 bridgehead atoms. The summed E-state index contributed by atoms with van der Waals surface area (Å²) in [5.41, 5.74) is 1.10. The van der Waals surface area contributed by atoms with Crippen molar-refractivity contribution in [1.29, 1.82) is 0 Å². The predicted octanol–water partition coefficient (Wildman–Crippen LogP) is 2.85. The first-order valence-electron chi connectivity index (χ1n) is 8.07. The Morgan fingerprint density at radius 3 is 2.52 bits per heavy atom. The third-order valence-electron chi connectivity index (χ3n) is 4.44. The maximum absolute atomic E-state index is 4.72. The second-order valence-corrected chi connectivity index (χ2v) is 6.09. The summed E-state index contributed by atoms with van der Waals surface area (Å²) in [4.78, 5) is 11.7. The van der Waals surface area contributed by atoms with E-state index in [4.69, 9.17) is 4.98 Å². The number of rotatable bonds is 8. The Morgan fingerprint density at radius 1 is 1.29 bits per heavy atom. The molecule has 118 valence electrons. The average Bonchev–Trinajstić information content (AvgIpc) is 3.32. The number of hydrogen-bond donors (Lipinski definition) is 2. The van der Waals surface area contributed by atoms with Gasteiger partial charge in [-0.2, -0.15) is 0 Å². The summed E-state index contributed by atoms with van der Waals surface area (Å²) in [5, 5.41) is 6.67. The van der Waals surface area contributed by atoms with Gasteiger partial charge in [0.1, 0.15) is 17.5 Å². The fourth-order valence-electron chi connectivity index (χ4n) is 2.36. The molecule has 1 atom stereocenters. The molecule has 1 saturated carbocycles. The van der Waals surface area contributed by atoms with Crippen LogP contribution in [0.2, 0.25) is 0 Å². The van der Waals surface area contributed by atoms with Crippen LogP contribution < -0.4 is 10.6 Å². The number of hydrogen-bond acceptors (Lipinski definition) is 5. The molecule has 0 spiro atoms. The van der Waals surface area contributed by atoms with Gasteiger partial charge in [-0.15, -0.1) is 0 Å². The van der Waals surface area contributed by atoms with Crippen LogP contribution in [-0.2, 0) is 0 Å². The van der Waals surface area contributed by atoms with Crippen molar-refractivity contribution in [3.63, 3.8) is 0 Å². The molecule has 0 saturated heterocycles. The molecule has 5 nitrogen and oxygen atoms in total. The van der Waals surface area contributed by atoms with Gasteiger partial charge in [0.25, 0.3) is 0 Å². The van der Waals surface area contributed by atoms with E-state index in [2.05, 4.69) is 48.3 Å². The monoisotopic (exact) mass is 291 g/mol. The molecular formula is C16H29N5. The molecule has 0 aliphatic heterocycles. The lowest BCUT2D eigenvalue weighted by atomic mass is 10.2. The van der Waals surface area contributed by atoms with Crippen molar-refractivity contribution in [1.82, 2.24) is 14.9 Å². The lowest BCUT2D eigenvalue weighted by Crippen LogP contribution is -2.33. The summed E-state index contributed by atoms with van der Waals surface area (Å²) < 4.78 is 0. The van der Waals surface area contributed by atoms with Crippen molar-refractivity contribution in [3.8, 4) is 0 Å². The number of aromatic nitrogens is 2. The quantitative estimate of drug-likeness (QED) is 0.771. The molecule has 1 aliphatic carbocycles. The molecule has 0 amide bonds. The molecule has 1 aliphatic rings. The highest BCUT2D eigenvalue weighted by Crippen LogP contribution is 2.39. The first-order chi connectivity index (χ1) is 10.1. The van der Waals surface area contributed by atoms with E-state index in [9.17, 15) is 0 Å². The molecule has 0 radical (unpaired) electrons. The van der Waals surface area contributed by atoms with Crippen LogP contribution in [0.25, 0.3) is 0 Å². The Bertz CT molecular complexity index is 470. The Morgan fingerprint density at radius 2 is 1.95 bits per heavy atom. The summed E-state index contributed by atoms with van der Waals surface area (Å²) in [6.45, 7) is 8.49. The van der Waals surface area contributed by atoms with E-state index in [0.29, 0.717) is 12.0 Å². The SMILES string of the molecule is CCC(C)N(C)CCNc1nc(C2CC2)nc(NC)c1C. The molecule has 1 aromatic heterocycles. The van der Waals surface area contributed by atoms with Crippen molar-refractivity contribution >= 4 is 11.6 Å². The maximum atomic E-state index is 4.72. The molecule has 1 aromatic rings. The smallest absolute Gasteiger partial charge is 0.136 e. The largest absolute Gasteiger partial charge is 0.373 e.